The number of benzene rings is 4. The van der Waals surface area contributed by atoms with Crippen LogP contribution in [0, 0.1) is 0 Å². The molecule has 0 fully saturated rings. The fraction of sp³-hybridized carbons (Fsp3) is 0.133. The Morgan fingerprint density at radius 1 is 0.757 bits per heavy atom. The lowest BCUT2D eigenvalue weighted by atomic mass is 9.91. The second-order valence-corrected chi connectivity index (χ2v) is 9.09. The fourth-order valence-corrected chi connectivity index (χ4v) is 5.32. The van der Waals surface area contributed by atoms with Crippen molar-refractivity contribution in [2.45, 2.75) is 19.1 Å². The van der Waals surface area contributed by atoms with Gasteiger partial charge in [-0.25, -0.2) is 9.59 Å². The van der Waals surface area contributed by atoms with E-state index in [1.54, 1.807) is 25.1 Å². The summed E-state index contributed by atoms with van der Waals surface area (Å²) < 4.78 is 23.4. The van der Waals surface area contributed by atoms with Crippen LogP contribution in [0.1, 0.15) is 24.0 Å². The molecule has 7 nitrogen and oxygen atoms in total. The van der Waals surface area contributed by atoms with E-state index >= 15 is 0 Å². The second kappa shape index (κ2) is 7.94. The molecule has 0 saturated heterocycles. The molecular weight excluding hydrogens is 472 g/mol. The van der Waals surface area contributed by atoms with E-state index in [1.165, 1.54) is 0 Å². The van der Waals surface area contributed by atoms with Crippen LogP contribution in [0.3, 0.4) is 0 Å². The SMILES string of the molecule is CCOC1Oc2c(c(=O)oc3cc4ccccc4cc23)C1c1c(O)c2cc3ccccc3cc2oc1=O. The normalized spacial score (nSPS) is 17.0. The Labute approximate surface area is 209 Å². The zero-order valence-corrected chi connectivity index (χ0v) is 19.7. The second-order valence-electron chi connectivity index (χ2n) is 9.09. The van der Waals surface area contributed by atoms with Gasteiger partial charge in [-0.1, -0.05) is 48.5 Å². The van der Waals surface area contributed by atoms with Crippen molar-refractivity contribution in [2.24, 2.45) is 0 Å². The molecule has 7 heteroatoms. The molecule has 7 rings (SSSR count). The van der Waals surface area contributed by atoms with Gasteiger partial charge in [0.1, 0.15) is 22.7 Å². The van der Waals surface area contributed by atoms with Gasteiger partial charge >= 0.3 is 11.3 Å². The number of ether oxygens (including phenoxy) is 2. The Morgan fingerprint density at radius 3 is 1.86 bits per heavy atom. The molecule has 2 unspecified atom stereocenters. The predicted molar refractivity (Wildman–Crippen MR) is 140 cm³/mol. The summed E-state index contributed by atoms with van der Waals surface area (Å²) in [6, 6.07) is 22.4. The van der Waals surface area contributed by atoms with Crippen molar-refractivity contribution < 1.29 is 23.4 Å². The van der Waals surface area contributed by atoms with E-state index in [0.717, 1.165) is 21.5 Å². The van der Waals surface area contributed by atoms with Crippen molar-refractivity contribution in [1.29, 1.82) is 0 Å². The van der Waals surface area contributed by atoms with Crippen molar-refractivity contribution in [1.82, 2.24) is 0 Å². The van der Waals surface area contributed by atoms with E-state index < -0.39 is 23.5 Å². The first-order valence-corrected chi connectivity index (χ1v) is 12.0. The van der Waals surface area contributed by atoms with Crippen LogP contribution < -0.4 is 16.0 Å². The molecule has 4 aromatic carbocycles. The maximum absolute atomic E-state index is 13.3. The molecule has 1 aliphatic rings. The highest BCUT2D eigenvalue weighted by molar-refractivity contribution is 6.00. The highest BCUT2D eigenvalue weighted by atomic mass is 16.7. The third kappa shape index (κ3) is 3.17. The molecule has 1 N–H and O–H groups in total. The highest BCUT2D eigenvalue weighted by Crippen LogP contribution is 2.47. The lowest BCUT2D eigenvalue weighted by Crippen LogP contribution is -2.29. The number of aromatic hydroxyl groups is 1. The molecule has 0 radical (unpaired) electrons. The van der Waals surface area contributed by atoms with Gasteiger partial charge in [-0.3, -0.25) is 0 Å². The molecule has 3 heterocycles. The summed E-state index contributed by atoms with van der Waals surface area (Å²) in [6.07, 6.45) is -1.04. The first-order chi connectivity index (χ1) is 18.0. The van der Waals surface area contributed by atoms with Crippen molar-refractivity contribution in [3.05, 3.63) is 105 Å². The minimum Gasteiger partial charge on any atom is -0.507 e. The Kier molecular flexibility index (Phi) is 4.65. The maximum Gasteiger partial charge on any atom is 0.344 e. The average molecular weight is 492 g/mol. The predicted octanol–water partition coefficient (Wildman–Crippen LogP) is 5.80. The summed E-state index contributed by atoms with van der Waals surface area (Å²) in [7, 11) is 0. The molecule has 1 aliphatic heterocycles. The van der Waals surface area contributed by atoms with E-state index in [1.807, 2.05) is 54.6 Å². The van der Waals surface area contributed by atoms with Crippen LogP contribution in [0.4, 0.5) is 0 Å². The molecule has 37 heavy (non-hydrogen) atoms. The molecule has 0 amide bonds. The molecule has 2 atom stereocenters. The van der Waals surface area contributed by atoms with Gasteiger partial charge in [0.15, 0.2) is 0 Å². The Morgan fingerprint density at radius 2 is 1.27 bits per heavy atom. The van der Waals surface area contributed by atoms with E-state index in [0.29, 0.717) is 16.4 Å². The van der Waals surface area contributed by atoms with E-state index in [9.17, 15) is 14.7 Å². The zero-order valence-electron chi connectivity index (χ0n) is 19.7. The Balaban J connectivity index is 1.52. The Hall–Kier alpha value is -4.62. The highest BCUT2D eigenvalue weighted by Gasteiger charge is 2.44. The third-order valence-electron chi connectivity index (χ3n) is 7.00. The summed E-state index contributed by atoms with van der Waals surface area (Å²) in [5.41, 5.74) is -0.822. The summed E-state index contributed by atoms with van der Waals surface area (Å²) >= 11 is 0. The average Bonchev–Trinajstić information content (AvgIpc) is 3.27. The molecule has 2 aromatic heterocycles. The van der Waals surface area contributed by atoms with Gasteiger partial charge in [0, 0.05) is 6.61 Å². The lowest BCUT2D eigenvalue weighted by molar-refractivity contribution is -0.0698. The molecule has 182 valence electrons. The number of hydrogen-bond donors (Lipinski definition) is 1. The van der Waals surface area contributed by atoms with Gasteiger partial charge in [0.25, 0.3) is 0 Å². The summed E-state index contributed by atoms with van der Waals surface area (Å²) in [4.78, 5) is 26.7. The molecule has 0 aliphatic carbocycles. The summed E-state index contributed by atoms with van der Waals surface area (Å²) in [6.45, 7) is 2.04. The third-order valence-corrected chi connectivity index (χ3v) is 7.00. The number of rotatable bonds is 3. The summed E-state index contributed by atoms with van der Waals surface area (Å²) in [5, 5.41) is 15.9. The first kappa shape index (κ1) is 21.6. The van der Waals surface area contributed by atoms with Gasteiger partial charge in [-0.2, -0.15) is 0 Å². The largest absolute Gasteiger partial charge is 0.507 e. The van der Waals surface area contributed by atoms with Gasteiger partial charge in [0.2, 0.25) is 6.29 Å². The van der Waals surface area contributed by atoms with Crippen LogP contribution in [0.15, 0.2) is 91.2 Å². The fourth-order valence-electron chi connectivity index (χ4n) is 5.32. The van der Waals surface area contributed by atoms with Crippen LogP contribution in [0.5, 0.6) is 11.5 Å². The van der Waals surface area contributed by atoms with Gasteiger partial charge in [0.05, 0.1) is 27.8 Å². The van der Waals surface area contributed by atoms with Crippen LogP contribution in [0.2, 0.25) is 0 Å². The monoisotopic (exact) mass is 492 g/mol. The smallest absolute Gasteiger partial charge is 0.344 e. The van der Waals surface area contributed by atoms with E-state index in [-0.39, 0.29) is 34.8 Å². The quantitative estimate of drug-likeness (QED) is 0.246. The van der Waals surface area contributed by atoms with Gasteiger partial charge in [-0.05, 0) is 52.7 Å². The van der Waals surface area contributed by atoms with Crippen LogP contribution >= 0.6 is 0 Å². The van der Waals surface area contributed by atoms with Gasteiger partial charge in [-0.15, -0.1) is 0 Å². The maximum atomic E-state index is 13.3. The molecule has 0 bridgehead atoms. The molecule has 6 aromatic rings. The van der Waals surface area contributed by atoms with Crippen LogP contribution in [-0.4, -0.2) is 18.0 Å². The Bertz CT molecular complexity index is 2000. The van der Waals surface area contributed by atoms with Crippen molar-refractivity contribution in [3.63, 3.8) is 0 Å². The minimum absolute atomic E-state index is 0.104. The molecular formula is C30H20O7. The minimum atomic E-state index is -1.05. The zero-order chi connectivity index (χ0) is 25.3. The standard InChI is InChI=1S/C30H20O7/c1-2-34-30-23(24-26(31)19-11-15-7-3-5-9-17(15)13-21(19)35-28(24)32)25-27(37-30)20-12-16-8-4-6-10-18(16)14-22(20)36-29(25)33/h3-14,23,30-31H,2H2,1H3. The topological polar surface area (TPSA) is 99.1 Å². The lowest BCUT2D eigenvalue weighted by Gasteiger charge is -2.19. The first-order valence-electron chi connectivity index (χ1n) is 12.0. The number of hydrogen-bond acceptors (Lipinski definition) is 7. The summed E-state index contributed by atoms with van der Waals surface area (Å²) in [5.74, 6) is -1.05. The van der Waals surface area contributed by atoms with Crippen LogP contribution in [-0.2, 0) is 4.74 Å². The van der Waals surface area contributed by atoms with Crippen molar-refractivity contribution >= 4 is 43.5 Å². The molecule has 0 spiro atoms. The van der Waals surface area contributed by atoms with Gasteiger partial charge < -0.3 is 23.4 Å². The molecule has 0 saturated carbocycles. The van der Waals surface area contributed by atoms with E-state index in [2.05, 4.69) is 0 Å². The van der Waals surface area contributed by atoms with Crippen molar-refractivity contribution in [3.8, 4) is 11.5 Å². The van der Waals surface area contributed by atoms with Crippen LogP contribution in [0.25, 0.3) is 43.5 Å². The van der Waals surface area contributed by atoms with E-state index in [4.69, 9.17) is 18.3 Å². The van der Waals surface area contributed by atoms with Crippen molar-refractivity contribution in [2.75, 3.05) is 6.61 Å². The number of fused-ring (bicyclic) bond motifs is 6.